The zero-order valence-electron chi connectivity index (χ0n) is 12.6. The van der Waals surface area contributed by atoms with Crippen molar-refractivity contribution in [3.8, 4) is 0 Å². The van der Waals surface area contributed by atoms with Gasteiger partial charge in [-0.1, -0.05) is 30.7 Å². The molecule has 1 aromatic heterocycles. The first kappa shape index (κ1) is 16.4. The summed E-state index contributed by atoms with van der Waals surface area (Å²) in [6.07, 6.45) is 5.02. The Morgan fingerprint density at radius 3 is 2.86 bits per heavy atom. The van der Waals surface area contributed by atoms with Gasteiger partial charge < -0.3 is 9.88 Å². The van der Waals surface area contributed by atoms with E-state index >= 15 is 0 Å². The molecule has 0 bridgehead atoms. The van der Waals surface area contributed by atoms with Crippen LogP contribution in [-0.4, -0.2) is 21.8 Å². The monoisotopic (exact) mass is 323 g/mol. The Morgan fingerprint density at radius 1 is 1.33 bits per heavy atom. The Hall–Kier alpha value is -0.970. The number of rotatable bonds is 8. The molecule has 1 N–H and O–H groups in total. The van der Waals surface area contributed by atoms with Gasteiger partial charge in [-0.25, -0.2) is 4.98 Å². The van der Waals surface area contributed by atoms with Gasteiger partial charge in [0.15, 0.2) is 0 Å². The molecule has 0 saturated heterocycles. The van der Waals surface area contributed by atoms with Crippen LogP contribution in [0.2, 0.25) is 5.02 Å². The van der Waals surface area contributed by atoms with Crippen LogP contribution >= 0.6 is 23.4 Å². The van der Waals surface area contributed by atoms with Crippen LogP contribution < -0.4 is 5.32 Å². The number of nitrogens with zero attached hydrogens (tertiary/aromatic N) is 2. The number of nitrogens with one attached hydrogen (secondary N) is 1. The molecule has 1 aromatic carbocycles. The zero-order valence-corrected chi connectivity index (χ0v) is 14.1. The highest BCUT2D eigenvalue weighted by Crippen LogP contribution is 2.29. The minimum atomic E-state index is 0.237. The Balaban J connectivity index is 2.08. The summed E-state index contributed by atoms with van der Waals surface area (Å²) in [6, 6.07) is 8.22. The Morgan fingerprint density at radius 2 is 2.14 bits per heavy atom. The van der Waals surface area contributed by atoms with Crippen molar-refractivity contribution in [2.45, 2.75) is 37.8 Å². The lowest BCUT2D eigenvalue weighted by Gasteiger charge is -2.19. The molecule has 114 valence electrons. The summed E-state index contributed by atoms with van der Waals surface area (Å²) in [6.45, 7) is 6.25. The van der Waals surface area contributed by atoms with E-state index in [2.05, 4.69) is 34.8 Å². The van der Waals surface area contributed by atoms with Crippen LogP contribution in [0.5, 0.6) is 0 Å². The minimum absolute atomic E-state index is 0.237. The molecule has 0 saturated carbocycles. The number of thioether (sulfide) groups is 1. The van der Waals surface area contributed by atoms with Gasteiger partial charge in [0.2, 0.25) is 0 Å². The largest absolute Gasteiger partial charge is 0.334 e. The van der Waals surface area contributed by atoms with E-state index in [-0.39, 0.29) is 6.04 Å². The summed E-state index contributed by atoms with van der Waals surface area (Å²) >= 11 is 8.01. The van der Waals surface area contributed by atoms with E-state index < -0.39 is 0 Å². The molecule has 3 nitrogen and oxygen atoms in total. The molecule has 0 radical (unpaired) electrons. The molecule has 0 aliphatic rings. The predicted octanol–water partition coefficient (Wildman–Crippen LogP) is 4.39. The van der Waals surface area contributed by atoms with Crippen molar-refractivity contribution >= 4 is 23.4 Å². The summed E-state index contributed by atoms with van der Waals surface area (Å²) in [5.74, 6) is 2.02. The van der Waals surface area contributed by atoms with Gasteiger partial charge in [-0.2, -0.15) is 0 Å². The highest BCUT2D eigenvalue weighted by Gasteiger charge is 2.16. The lowest BCUT2D eigenvalue weighted by atomic mass is 10.3. The lowest BCUT2D eigenvalue weighted by Crippen LogP contribution is -2.27. The first-order valence-corrected chi connectivity index (χ1v) is 8.74. The van der Waals surface area contributed by atoms with E-state index in [0.29, 0.717) is 0 Å². The van der Waals surface area contributed by atoms with Crippen molar-refractivity contribution in [2.75, 3.05) is 12.3 Å². The van der Waals surface area contributed by atoms with Gasteiger partial charge in [-0.3, -0.25) is 0 Å². The molecule has 1 atom stereocenters. The van der Waals surface area contributed by atoms with E-state index in [1.165, 1.54) is 0 Å². The van der Waals surface area contributed by atoms with Crippen molar-refractivity contribution in [2.24, 2.45) is 0 Å². The molecular weight excluding hydrogens is 302 g/mol. The summed E-state index contributed by atoms with van der Waals surface area (Å²) < 4.78 is 2.19. The molecule has 1 heterocycles. The quantitative estimate of drug-likeness (QED) is 0.731. The van der Waals surface area contributed by atoms with Gasteiger partial charge >= 0.3 is 0 Å². The van der Waals surface area contributed by atoms with Crippen LogP contribution in [0.25, 0.3) is 0 Å². The maximum absolute atomic E-state index is 6.23. The molecule has 2 rings (SSSR count). The average molecular weight is 324 g/mol. The number of aromatic nitrogens is 2. The topological polar surface area (TPSA) is 29.9 Å². The van der Waals surface area contributed by atoms with Gasteiger partial charge in [0.1, 0.15) is 5.82 Å². The Bertz CT molecular complexity index is 556. The summed E-state index contributed by atoms with van der Waals surface area (Å²) in [5, 5.41) is 4.40. The molecule has 0 aliphatic carbocycles. The van der Waals surface area contributed by atoms with E-state index in [9.17, 15) is 0 Å². The average Bonchev–Trinajstić information content (AvgIpc) is 2.97. The second-order valence-corrected chi connectivity index (χ2v) is 6.29. The number of aryl methyl sites for hydroxylation is 1. The fraction of sp³-hybridized carbons (Fsp3) is 0.438. The number of hydrogen-bond donors (Lipinski definition) is 1. The van der Waals surface area contributed by atoms with Gasteiger partial charge in [0.05, 0.1) is 11.1 Å². The van der Waals surface area contributed by atoms with E-state index in [1.54, 1.807) is 11.8 Å². The first-order chi connectivity index (χ1) is 10.3. The standard InChI is InChI=1S/C16H22ClN3S/c1-3-9-18-14(16-19-10-11-20(16)4-2)12-21-15-8-6-5-7-13(15)17/h5-8,10-11,14,18H,3-4,9,12H2,1-2H3. The first-order valence-electron chi connectivity index (χ1n) is 7.38. The number of benzene rings is 1. The fourth-order valence-corrected chi connectivity index (χ4v) is 3.47. The second-order valence-electron chi connectivity index (χ2n) is 4.82. The normalized spacial score (nSPS) is 12.5. The van der Waals surface area contributed by atoms with Gasteiger partial charge in [-0.15, -0.1) is 11.8 Å². The van der Waals surface area contributed by atoms with Crippen molar-refractivity contribution in [3.63, 3.8) is 0 Å². The number of imidazole rings is 1. The van der Waals surface area contributed by atoms with Crippen molar-refractivity contribution in [1.82, 2.24) is 14.9 Å². The van der Waals surface area contributed by atoms with E-state index in [1.807, 2.05) is 30.6 Å². The maximum Gasteiger partial charge on any atom is 0.126 e. The van der Waals surface area contributed by atoms with Crippen LogP contribution in [-0.2, 0) is 6.54 Å². The van der Waals surface area contributed by atoms with Gasteiger partial charge in [-0.05, 0) is 32.0 Å². The molecule has 5 heteroatoms. The smallest absolute Gasteiger partial charge is 0.126 e. The zero-order chi connectivity index (χ0) is 15.1. The highest BCUT2D eigenvalue weighted by molar-refractivity contribution is 7.99. The molecule has 0 spiro atoms. The third kappa shape index (κ3) is 4.50. The number of halogens is 1. The molecule has 0 amide bonds. The molecule has 0 fully saturated rings. The molecule has 2 aromatic rings. The second kappa shape index (κ2) is 8.47. The Labute approximate surface area is 136 Å². The summed E-state index contributed by atoms with van der Waals surface area (Å²) in [4.78, 5) is 5.65. The van der Waals surface area contributed by atoms with Gasteiger partial charge in [0, 0.05) is 29.6 Å². The highest BCUT2D eigenvalue weighted by atomic mass is 35.5. The van der Waals surface area contributed by atoms with Crippen LogP contribution in [0.15, 0.2) is 41.6 Å². The summed E-state index contributed by atoms with van der Waals surface area (Å²) in [5.41, 5.74) is 0. The van der Waals surface area contributed by atoms with Crippen molar-refractivity contribution in [3.05, 3.63) is 47.5 Å². The molecule has 1 unspecified atom stereocenters. The minimum Gasteiger partial charge on any atom is -0.334 e. The SMILES string of the molecule is CCCNC(CSc1ccccc1Cl)c1nccn1CC. The van der Waals surface area contributed by atoms with E-state index in [4.69, 9.17) is 11.6 Å². The third-order valence-electron chi connectivity index (χ3n) is 3.28. The molecule has 21 heavy (non-hydrogen) atoms. The predicted molar refractivity (Wildman–Crippen MR) is 91.1 cm³/mol. The fourth-order valence-electron chi connectivity index (χ4n) is 2.18. The molecule has 0 aliphatic heterocycles. The van der Waals surface area contributed by atoms with Crippen LogP contribution in [0, 0.1) is 0 Å². The van der Waals surface area contributed by atoms with Crippen LogP contribution in [0.4, 0.5) is 0 Å². The van der Waals surface area contributed by atoms with Gasteiger partial charge in [0.25, 0.3) is 0 Å². The maximum atomic E-state index is 6.23. The van der Waals surface area contributed by atoms with Crippen LogP contribution in [0.1, 0.15) is 32.1 Å². The van der Waals surface area contributed by atoms with Crippen LogP contribution in [0.3, 0.4) is 0 Å². The molecular formula is C16H22ClN3S. The Kier molecular flexibility index (Phi) is 6.61. The lowest BCUT2D eigenvalue weighted by molar-refractivity contribution is 0.523. The van der Waals surface area contributed by atoms with Crippen molar-refractivity contribution < 1.29 is 0 Å². The number of hydrogen-bond acceptors (Lipinski definition) is 3. The third-order valence-corrected chi connectivity index (χ3v) is 4.89. The van der Waals surface area contributed by atoms with Crippen molar-refractivity contribution in [1.29, 1.82) is 0 Å². The van der Waals surface area contributed by atoms with E-state index in [0.717, 1.165) is 41.0 Å². The summed E-state index contributed by atoms with van der Waals surface area (Å²) in [7, 11) is 0.